The molecule has 0 aromatic heterocycles. The molecule has 0 saturated carbocycles. The van der Waals surface area contributed by atoms with Crippen LogP contribution in [0.5, 0.6) is 0 Å². The molecular formula is C11H17ClN2O2. The molecule has 1 unspecified atom stereocenters. The van der Waals surface area contributed by atoms with Crippen molar-refractivity contribution in [1.29, 1.82) is 0 Å². The summed E-state index contributed by atoms with van der Waals surface area (Å²) in [5.41, 5.74) is 1.75. The summed E-state index contributed by atoms with van der Waals surface area (Å²) in [6.45, 7) is 2.83. The van der Waals surface area contributed by atoms with Crippen molar-refractivity contribution >= 4 is 23.0 Å². The number of rotatable bonds is 6. The largest absolute Gasteiger partial charge is 0.394 e. The average Bonchev–Trinajstić information content (AvgIpc) is 2.29. The van der Waals surface area contributed by atoms with E-state index in [1.54, 1.807) is 12.1 Å². The lowest BCUT2D eigenvalue weighted by Crippen LogP contribution is -2.23. The summed E-state index contributed by atoms with van der Waals surface area (Å²) in [6.07, 6.45) is -0.770. The predicted octanol–water partition coefficient (Wildman–Crippen LogP) is 1.54. The van der Waals surface area contributed by atoms with Crippen molar-refractivity contribution in [2.75, 3.05) is 30.3 Å². The number of benzene rings is 1. The highest BCUT2D eigenvalue weighted by atomic mass is 35.5. The maximum atomic E-state index is 9.24. The molecule has 4 nitrogen and oxygen atoms in total. The quantitative estimate of drug-likeness (QED) is 0.613. The molecule has 90 valence electrons. The second kappa shape index (κ2) is 6.58. The van der Waals surface area contributed by atoms with Gasteiger partial charge in [-0.05, 0) is 25.1 Å². The lowest BCUT2D eigenvalue weighted by Gasteiger charge is -2.15. The predicted molar refractivity (Wildman–Crippen MR) is 67.2 cm³/mol. The van der Waals surface area contributed by atoms with Crippen LogP contribution in [0.15, 0.2) is 18.2 Å². The van der Waals surface area contributed by atoms with Crippen LogP contribution in [-0.2, 0) is 0 Å². The van der Waals surface area contributed by atoms with E-state index in [-0.39, 0.29) is 13.2 Å². The van der Waals surface area contributed by atoms with Gasteiger partial charge in [-0.25, -0.2) is 0 Å². The Morgan fingerprint density at radius 1 is 1.31 bits per heavy atom. The van der Waals surface area contributed by atoms with Crippen LogP contribution in [-0.4, -0.2) is 36.0 Å². The number of nitrogens with one attached hydrogen (secondary N) is 2. The number of anilines is 2. The molecule has 0 amide bonds. The van der Waals surface area contributed by atoms with Crippen molar-refractivity contribution in [2.24, 2.45) is 0 Å². The summed E-state index contributed by atoms with van der Waals surface area (Å²) in [7, 11) is 0. The smallest absolute Gasteiger partial charge is 0.0942 e. The van der Waals surface area contributed by atoms with Gasteiger partial charge in [0.05, 0.1) is 24.1 Å². The van der Waals surface area contributed by atoms with Crippen LogP contribution in [0.4, 0.5) is 11.4 Å². The number of halogens is 1. The van der Waals surface area contributed by atoms with E-state index in [1.165, 1.54) is 0 Å². The molecule has 1 aromatic rings. The SMILES string of the molecule is CCNc1ccc(Cl)cc1NCC(O)CO. The summed E-state index contributed by atoms with van der Waals surface area (Å²) < 4.78 is 0. The van der Waals surface area contributed by atoms with Gasteiger partial charge in [0.1, 0.15) is 0 Å². The van der Waals surface area contributed by atoms with Crippen molar-refractivity contribution in [2.45, 2.75) is 13.0 Å². The van der Waals surface area contributed by atoms with Crippen LogP contribution in [0.2, 0.25) is 5.02 Å². The second-order valence-corrected chi connectivity index (χ2v) is 3.87. The van der Waals surface area contributed by atoms with E-state index in [0.29, 0.717) is 5.02 Å². The third kappa shape index (κ3) is 3.89. The normalized spacial score (nSPS) is 12.2. The van der Waals surface area contributed by atoms with Gasteiger partial charge < -0.3 is 20.8 Å². The van der Waals surface area contributed by atoms with Crippen LogP contribution >= 0.6 is 11.6 Å². The lowest BCUT2D eigenvalue weighted by molar-refractivity contribution is 0.105. The van der Waals surface area contributed by atoms with Crippen LogP contribution < -0.4 is 10.6 Å². The Balaban J connectivity index is 2.71. The van der Waals surface area contributed by atoms with Gasteiger partial charge in [0.25, 0.3) is 0 Å². The molecule has 0 saturated heterocycles. The monoisotopic (exact) mass is 244 g/mol. The molecule has 4 N–H and O–H groups in total. The van der Waals surface area contributed by atoms with Crippen LogP contribution in [0.3, 0.4) is 0 Å². The molecule has 0 spiro atoms. The molecule has 0 heterocycles. The summed E-state index contributed by atoms with van der Waals surface area (Å²) in [4.78, 5) is 0. The maximum absolute atomic E-state index is 9.24. The van der Waals surface area contributed by atoms with Crippen molar-refractivity contribution in [3.63, 3.8) is 0 Å². The zero-order valence-corrected chi connectivity index (χ0v) is 9.96. The fourth-order valence-electron chi connectivity index (χ4n) is 1.30. The summed E-state index contributed by atoms with van der Waals surface area (Å²) in [6, 6.07) is 5.45. The Bertz CT molecular complexity index is 334. The molecule has 0 aliphatic rings. The molecule has 5 heteroatoms. The van der Waals surface area contributed by atoms with E-state index in [1.807, 2.05) is 13.0 Å². The van der Waals surface area contributed by atoms with E-state index >= 15 is 0 Å². The molecule has 0 bridgehead atoms. The number of hydrogen-bond donors (Lipinski definition) is 4. The molecule has 0 fully saturated rings. The highest BCUT2D eigenvalue weighted by molar-refractivity contribution is 6.31. The fraction of sp³-hybridized carbons (Fsp3) is 0.455. The Kier molecular flexibility index (Phi) is 5.38. The Morgan fingerprint density at radius 2 is 2.06 bits per heavy atom. The summed E-state index contributed by atoms with van der Waals surface area (Å²) in [5, 5.41) is 24.8. The number of hydrogen-bond acceptors (Lipinski definition) is 4. The molecule has 1 rings (SSSR count). The molecule has 0 aliphatic carbocycles. The van der Waals surface area contributed by atoms with Crippen molar-refractivity contribution < 1.29 is 10.2 Å². The molecule has 1 atom stereocenters. The molecule has 1 aromatic carbocycles. The minimum absolute atomic E-state index is 0.260. The minimum Gasteiger partial charge on any atom is -0.394 e. The van der Waals surface area contributed by atoms with Crippen molar-refractivity contribution in [1.82, 2.24) is 0 Å². The third-order valence-corrected chi connectivity index (χ3v) is 2.32. The van der Waals surface area contributed by atoms with Gasteiger partial charge in [-0.15, -0.1) is 0 Å². The van der Waals surface area contributed by atoms with Crippen molar-refractivity contribution in [3.05, 3.63) is 23.2 Å². The van der Waals surface area contributed by atoms with E-state index in [0.717, 1.165) is 17.9 Å². The first-order chi connectivity index (χ1) is 7.67. The fourth-order valence-corrected chi connectivity index (χ4v) is 1.47. The van der Waals surface area contributed by atoms with Gasteiger partial charge in [0.15, 0.2) is 0 Å². The zero-order valence-electron chi connectivity index (χ0n) is 9.20. The molecular weight excluding hydrogens is 228 g/mol. The lowest BCUT2D eigenvalue weighted by atomic mass is 10.2. The van der Waals surface area contributed by atoms with Gasteiger partial charge in [-0.1, -0.05) is 11.6 Å². The second-order valence-electron chi connectivity index (χ2n) is 3.44. The van der Waals surface area contributed by atoms with Crippen molar-refractivity contribution in [3.8, 4) is 0 Å². The number of aliphatic hydroxyl groups is 2. The highest BCUT2D eigenvalue weighted by Crippen LogP contribution is 2.25. The third-order valence-electron chi connectivity index (χ3n) is 2.09. The maximum Gasteiger partial charge on any atom is 0.0942 e. The Labute approximate surface area is 100 Å². The van der Waals surface area contributed by atoms with Gasteiger partial charge in [-0.3, -0.25) is 0 Å². The topological polar surface area (TPSA) is 64.5 Å². The van der Waals surface area contributed by atoms with E-state index in [4.69, 9.17) is 16.7 Å². The van der Waals surface area contributed by atoms with Gasteiger partial charge in [0, 0.05) is 18.1 Å². The molecule has 0 radical (unpaired) electrons. The van der Waals surface area contributed by atoms with E-state index in [2.05, 4.69) is 10.6 Å². The Hall–Kier alpha value is -0.970. The first kappa shape index (κ1) is 13.1. The van der Waals surface area contributed by atoms with Crippen LogP contribution in [0, 0.1) is 0 Å². The van der Waals surface area contributed by atoms with Gasteiger partial charge in [-0.2, -0.15) is 0 Å². The average molecular weight is 245 g/mol. The Morgan fingerprint density at radius 3 is 2.69 bits per heavy atom. The minimum atomic E-state index is -0.770. The summed E-state index contributed by atoms with van der Waals surface area (Å²) >= 11 is 5.89. The van der Waals surface area contributed by atoms with Gasteiger partial charge >= 0.3 is 0 Å². The van der Waals surface area contributed by atoms with Crippen LogP contribution in [0.1, 0.15) is 6.92 Å². The number of aliphatic hydroxyl groups excluding tert-OH is 2. The molecule has 0 aliphatic heterocycles. The van der Waals surface area contributed by atoms with Crippen LogP contribution in [0.25, 0.3) is 0 Å². The standard InChI is InChI=1S/C11H17ClN2O2/c1-2-13-10-4-3-8(12)5-11(10)14-6-9(16)7-15/h3-5,9,13-16H,2,6-7H2,1H3. The summed E-state index contributed by atoms with van der Waals surface area (Å²) in [5.74, 6) is 0. The molecule has 16 heavy (non-hydrogen) atoms. The first-order valence-electron chi connectivity index (χ1n) is 5.23. The first-order valence-corrected chi connectivity index (χ1v) is 5.61. The van der Waals surface area contributed by atoms with E-state index < -0.39 is 6.10 Å². The highest BCUT2D eigenvalue weighted by Gasteiger charge is 2.05. The zero-order chi connectivity index (χ0) is 12.0. The van der Waals surface area contributed by atoms with E-state index in [9.17, 15) is 5.11 Å². The van der Waals surface area contributed by atoms with Gasteiger partial charge in [0.2, 0.25) is 0 Å².